The minimum Gasteiger partial charge on any atom is -0.388 e. The average molecular weight is 534 g/mol. The van der Waals surface area contributed by atoms with E-state index in [1.165, 1.54) is 9.13 Å². The molecule has 0 amide bonds. The second-order valence-electron chi connectivity index (χ2n) is 6.94. The minimum atomic E-state index is -0.455. The number of hydrogen-bond donors (Lipinski definition) is 1. The van der Waals surface area contributed by atoms with E-state index in [4.69, 9.17) is 0 Å². The van der Waals surface area contributed by atoms with Crippen molar-refractivity contribution in [3.05, 3.63) is 95.3 Å². The molecule has 9 heteroatoms. The van der Waals surface area contributed by atoms with Gasteiger partial charge in [0.05, 0.1) is 6.54 Å². The highest BCUT2D eigenvalue weighted by atomic mass is 79.9. The van der Waals surface area contributed by atoms with Crippen LogP contribution in [0.25, 0.3) is 11.2 Å². The van der Waals surface area contributed by atoms with Gasteiger partial charge >= 0.3 is 5.69 Å². The molecule has 0 aliphatic heterocycles. The van der Waals surface area contributed by atoms with E-state index in [1.54, 1.807) is 11.6 Å². The van der Waals surface area contributed by atoms with Crippen molar-refractivity contribution in [1.29, 1.82) is 0 Å². The smallest absolute Gasteiger partial charge is 0.332 e. The van der Waals surface area contributed by atoms with Gasteiger partial charge in [-0.3, -0.25) is 13.9 Å². The molecule has 4 aromatic rings. The van der Waals surface area contributed by atoms with Crippen molar-refractivity contribution in [3.63, 3.8) is 0 Å². The lowest BCUT2D eigenvalue weighted by Crippen LogP contribution is -2.40. The molecule has 0 unspecified atom stereocenters. The summed E-state index contributed by atoms with van der Waals surface area (Å²) in [6, 6.07) is 15.2. The number of aliphatic hydroxyl groups is 1. The van der Waals surface area contributed by atoms with Gasteiger partial charge in [-0.15, -0.1) is 0 Å². The van der Waals surface area contributed by atoms with Gasteiger partial charge in [-0.2, -0.15) is 0 Å². The lowest BCUT2D eigenvalue weighted by atomic mass is 10.2. The largest absolute Gasteiger partial charge is 0.388 e. The highest BCUT2D eigenvalue weighted by Gasteiger charge is 2.20. The van der Waals surface area contributed by atoms with Gasteiger partial charge in [-0.05, 0) is 35.4 Å². The Morgan fingerprint density at radius 1 is 0.933 bits per heavy atom. The molecule has 0 bridgehead atoms. The number of aromatic nitrogens is 4. The van der Waals surface area contributed by atoms with Crippen LogP contribution in [0.15, 0.2) is 67.1 Å². The molecule has 2 aromatic heterocycles. The minimum absolute atomic E-state index is 0.136. The van der Waals surface area contributed by atoms with Crippen LogP contribution >= 0.6 is 31.9 Å². The van der Waals surface area contributed by atoms with Gasteiger partial charge in [0.15, 0.2) is 11.2 Å². The first kappa shape index (κ1) is 20.8. The predicted molar refractivity (Wildman–Crippen MR) is 122 cm³/mol. The summed E-state index contributed by atoms with van der Waals surface area (Å²) in [4.78, 5) is 30.7. The molecule has 4 rings (SSSR count). The Labute approximate surface area is 188 Å². The van der Waals surface area contributed by atoms with Gasteiger partial charge in [0, 0.05) is 22.5 Å². The monoisotopic (exact) mass is 532 g/mol. The van der Waals surface area contributed by atoms with E-state index < -0.39 is 11.2 Å². The molecule has 154 valence electrons. The van der Waals surface area contributed by atoms with E-state index in [0.717, 1.165) is 20.1 Å². The van der Waals surface area contributed by atoms with Crippen LogP contribution in [-0.4, -0.2) is 23.8 Å². The Bertz CT molecular complexity index is 1370. The molecular weight excluding hydrogens is 516 g/mol. The fraction of sp³-hybridized carbons (Fsp3) is 0.190. The van der Waals surface area contributed by atoms with Crippen molar-refractivity contribution in [2.45, 2.75) is 19.7 Å². The number of aliphatic hydroxyl groups excluding tert-OH is 1. The maximum absolute atomic E-state index is 13.4. The molecule has 0 aliphatic rings. The molecule has 0 saturated carbocycles. The first-order valence-corrected chi connectivity index (χ1v) is 10.8. The molecule has 2 aromatic carbocycles. The van der Waals surface area contributed by atoms with Crippen LogP contribution in [0.5, 0.6) is 0 Å². The number of benzene rings is 2. The highest BCUT2D eigenvalue weighted by Crippen LogP contribution is 2.18. The Morgan fingerprint density at radius 3 is 2.03 bits per heavy atom. The molecule has 0 aliphatic carbocycles. The molecule has 7 nitrogen and oxygen atoms in total. The van der Waals surface area contributed by atoms with Crippen molar-refractivity contribution in [3.8, 4) is 0 Å². The van der Waals surface area contributed by atoms with E-state index >= 15 is 0 Å². The van der Waals surface area contributed by atoms with E-state index in [-0.39, 0.29) is 24.3 Å². The Kier molecular flexibility index (Phi) is 5.77. The summed E-state index contributed by atoms with van der Waals surface area (Å²) in [6.45, 7) is 0.134. The van der Waals surface area contributed by atoms with Gasteiger partial charge < -0.3 is 9.67 Å². The zero-order valence-corrected chi connectivity index (χ0v) is 19.2. The molecular formula is C21H18Br2N4O3. The summed E-state index contributed by atoms with van der Waals surface area (Å²) in [6.07, 6.45) is 0. The summed E-state index contributed by atoms with van der Waals surface area (Å²) in [5, 5.41) is 9.84. The first-order valence-electron chi connectivity index (χ1n) is 9.17. The molecule has 0 spiro atoms. The molecule has 1 N–H and O–H groups in total. The van der Waals surface area contributed by atoms with Gasteiger partial charge in [0.25, 0.3) is 5.56 Å². The number of halogens is 2. The highest BCUT2D eigenvalue weighted by molar-refractivity contribution is 9.10. The van der Waals surface area contributed by atoms with Crippen LogP contribution in [0.3, 0.4) is 0 Å². The predicted octanol–water partition coefficient (Wildman–Crippen LogP) is 3.01. The number of fused-ring (bicyclic) bond motifs is 1. The Balaban J connectivity index is 1.93. The van der Waals surface area contributed by atoms with Crippen molar-refractivity contribution in [1.82, 2.24) is 18.7 Å². The number of nitrogens with zero attached hydrogens (tertiary/aromatic N) is 4. The van der Waals surface area contributed by atoms with Crippen LogP contribution in [-0.2, 0) is 26.7 Å². The second-order valence-corrected chi connectivity index (χ2v) is 8.77. The van der Waals surface area contributed by atoms with Crippen molar-refractivity contribution in [2.24, 2.45) is 7.05 Å². The summed E-state index contributed by atoms with van der Waals surface area (Å²) in [7, 11) is 1.58. The molecule has 0 saturated heterocycles. The summed E-state index contributed by atoms with van der Waals surface area (Å²) >= 11 is 6.87. The fourth-order valence-electron chi connectivity index (χ4n) is 3.48. The van der Waals surface area contributed by atoms with Gasteiger partial charge in [-0.25, -0.2) is 9.78 Å². The summed E-state index contributed by atoms with van der Waals surface area (Å²) < 4.78 is 6.01. The number of rotatable bonds is 5. The maximum Gasteiger partial charge on any atom is 0.332 e. The number of aryl methyl sites for hydroxylation is 1. The molecule has 2 heterocycles. The van der Waals surface area contributed by atoms with Crippen molar-refractivity contribution >= 4 is 43.0 Å². The maximum atomic E-state index is 13.4. The number of imidazole rings is 1. The Morgan fingerprint density at radius 2 is 1.50 bits per heavy atom. The lowest BCUT2D eigenvalue weighted by molar-refractivity contribution is 0.267. The third kappa shape index (κ3) is 3.80. The first-order chi connectivity index (χ1) is 14.4. The molecule has 30 heavy (non-hydrogen) atoms. The topological polar surface area (TPSA) is 82.1 Å². The molecule has 0 atom stereocenters. The lowest BCUT2D eigenvalue weighted by Gasteiger charge is -2.11. The van der Waals surface area contributed by atoms with Crippen molar-refractivity contribution < 1.29 is 5.11 Å². The average Bonchev–Trinajstić information content (AvgIpc) is 3.08. The van der Waals surface area contributed by atoms with Gasteiger partial charge in [-0.1, -0.05) is 56.1 Å². The van der Waals surface area contributed by atoms with Crippen LogP contribution in [0.1, 0.15) is 17.0 Å². The van der Waals surface area contributed by atoms with E-state index in [2.05, 4.69) is 36.8 Å². The Hall–Kier alpha value is -2.49. The molecule has 0 radical (unpaired) electrons. The third-order valence-corrected chi connectivity index (χ3v) is 5.90. The quantitative estimate of drug-likeness (QED) is 0.427. The number of hydrogen-bond acceptors (Lipinski definition) is 4. The van der Waals surface area contributed by atoms with Gasteiger partial charge in [0.2, 0.25) is 0 Å². The molecule has 0 fully saturated rings. The van der Waals surface area contributed by atoms with Crippen LogP contribution in [0, 0.1) is 0 Å². The summed E-state index contributed by atoms with van der Waals surface area (Å²) in [5.41, 5.74) is 1.42. The zero-order chi connectivity index (χ0) is 21.4. The summed E-state index contributed by atoms with van der Waals surface area (Å²) in [5.74, 6) is 0.331. The fourth-order valence-corrected chi connectivity index (χ4v) is 4.38. The van der Waals surface area contributed by atoms with Crippen molar-refractivity contribution in [2.75, 3.05) is 0 Å². The van der Waals surface area contributed by atoms with E-state index in [1.807, 2.05) is 48.5 Å². The second kappa shape index (κ2) is 8.33. The normalized spacial score (nSPS) is 11.3. The van der Waals surface area contributed by atoms with Crippen LogP contribution in [0.4, 0.5) is 0 Å². The SMILES string of the molecule is Cn1c(=O)n(Cc2cccc(Br)c2)c(=O)c2c1nc(CO)n2Cc1cccc(Br)c1. The van der Waals surface area contributed by atoms with Crippen LogP contribution < -0.4 is 11.2 Å². The zero-order valence-electron chi connectivity index (χ0n) is 16.0. The van der Waals surface area contributed by atoms with Gasteiger partial charge in [0.1, 0.15) is 12.4 Å². The van der Waals surface area contributed by atoms with E-state index in [0.29, 0.717) is 12.4 Å². The standard InChI is InChI=1S/C21H18Br2N4O3/c1-25-19-18(20(29)27(21(25)30)11-14-5-3-7-16(23)9-14)26(17(12-28)24-19)10-13-4-2-6-15(22)8-13/h2-9,28H,10-12H2,1H3. The van der Waals surface area contributed by atoms with Crippen LogP contribution in [0.2, 0.25) is 0 Å². The van der Waals surface area contributed by atoms with E-state index in [9.17, 15) is 14.7 Å². The third-order valence-electron chi connectivity index (χ3n) is 4.91.